The average Bonchev–Trinajstić information content (AvgIpc) is 2.74. The third-order valence-electron chi connectivity index (χ3n) is 4.46. The highest BCUT2D eigenvalue weighted by Crippen LogP contribution is 2.11. The van der Waals surface area contributed by atoms with Gasteiger partial charge in [0.25, 0.3) is 5.91 Å². The second kappa shape index (κ2) is 9.37. The van der Waals surface area contributed by atoms with Crippen molar-refractivity contribution in [1.29, 1.82) is 5.26 Å². The summed E-state index contributed by atoms with van der Waals surface area (Å²) < 4.78 is 0. The van der Waals surface area contributed by atoms with E-state index in [4.69, 9.17) is 0 Å². The molecule has 2 N–H and O–H groups in total. The number of anilines is 1. The number of piperazine rings is 1. The normalized spacial score (nSPS) is 14.5. The zero-order chi connectivity index (χ0) is 19.8. The van der Waals surface area contributed by atoms with Crippen LogP contribution < -0.4 is 10.2 Å². The molecule has 1 saturated heterocycles. The van der Waals surface area contributed by atoms with E-state index in [-0.39, 0.29) is 17.2 Å². The molecule has 1 aliphatic heterocycles. The fourth-order valence-electron chi connectivity index (χ4n) is 2.90. The van der Waals surface area contributed by atoms with Gasteiger partial charge in [0.1, 0.15) is 17.4 Å². The molecule has 0 atom stereocenters. The fraction of sp³-hybridized carbons (Fsp3) is 0.300. The van der Waals surface area contributed by atoms with E-state index in [1.807, 2.05) is 11.0 Å². The largest absolute Gasteiger partial charge is 0.508 e. The lowest BCUT2D eigenvalue weighted by molar-refractivity contribution is -0.117. The van der Waals surface area contributed by atoms with Gasteiger partial charge >= 0.3 is 0 Å². The molecule has 0 saturated carbocycles. The van der Waals surface area contributed by atoms with E-state index >= 15 is 0 Å². The highest BCUT2D eigenvalue weighted by atomic mass is 16.3. The number of aromatic nitrogens is 2. The van der Waals surface area contributed by atoms with E-state index < -0.39 is 0 Å². The standard InChI is InChI=1S/C20H22N6O2/c21-14-17(19(28)22-9-6-16-2-4-18(27)5-3-16)15-25-10-12-26(13-11-25)20-23-7-1-8-24-20/h1-5,7-8,15,27H,6,9-13H2,(H,22,28)/b17-15-. The molecule has 0 bridgehead atoms. The summed E-state index contributed by atoms with van der Waals surface area (Å²) in [6, 6.07) is 10.6. The number of carbonyl (C=O) groups excluding carboxylic acids is 1. The van der Waals surface area contributed by atoms with Crippen LogP contribution in [0.25, 0.3) is 0 Å². The highest BCUT2D eigenvalue weighted by molar-refractivity contribution is 5.97. The predicted octanol–water partition coefficient (Wildman–Crippen LogP) is 1.07. The van der Waals surface area contributed by atoms with Crippen LogP contribution in [0.2, 0.25) is 0 Å². The summed E-state index contributed by atoms with van der Waals surface area (Å²) in [5, 5.41) is 21.4. The molecule has 1 aromatic carbocycles. The number of aromatic hydroxyl groups is 1. The van der Waals surface area contributed by atoms with Gasteiger partial charge in [-0.25, -0.2) is 9.97 Å². The minimum Gasteiger partial charge on any atom is -0.508 e. The summed E-state index contributed by atoms with van der Waals surface area (Å²) >= 11 is 0. The summed E-state index contributed by atoms with van der Waals surface area (Å²) in [5.74, 6) is 0.523. The van der Waals surface area contributed by atoms with E-state index in [1.54, 1.807) is 48.9 Å². The Morgan fingerprint density at radius 1 is 1.18 bits per heavy atom. The minimum atomic E-state index is -0.380. The summed E-state index contributed by atoms with van der Waals surface area (Å²) in [7, 11) is 0. The van der Waals surface area contributed by atoms with Crippen molar-refractivity contribution in [2.24, 2.45) is 0 Å². The van der Waals surface area contributed by atoms with Crippen molar-refractivity contribution >= 4 is 11.9 Å². The number of hydrogen-bond donors (Lipinski definition) is 2. The third-order valence-corrected chi connectivity index (χ3v) is 4.46. The van der Waals surface area contributed by atoms with Crippen LogP contribution in [0.3, 0.4) is 0 Å². The number of hydrogen-bond acceptors (Lipinski definition) is 7. The van der Waals surface area contributed by atoms with Crippen LogP contribution in [0, 0.1) is 11.3 Å². The molecule has 1 amide bonds. The summed E-state index contributed by atoms with van der Waals surface area (Å²) in [5.41, 5.74) is 1.09. The second-order valence-corrected chi connectivity index (χ2v) is 6.40. The first-order valence-corrected chi connectivity index (χ1v) is 9.10. The molecule has 0 aliphatic carbocycles. The maximum Gasteiger partial charge on any atom is 0.263 e. The quantitative estimate of drug-likeness (QED) is 0.572. The Kier molecular flexibility index (Phi) is 6.41. The van der Waals surface area contributed by atoms with Gasteiger partial charge in [-0.3, -0.25) is 4.79 Å². The highest BCUT2D eigenvalue weighted by Gasteiger charge is 2.18. The Labute approximate surface area is 163 Å². The predicted molar refractivity (Wildman–Crippen MR) is 104 cm³/mol. The van der Waals surface area contributed by atoms with Crippen LogP contribution >= 0.6 is 0 Å². The molecule has 2 heterocycles. The number of nitriles is 1. The van der Waals surface area contributed by atoms with Crippen LogP contribution in [-0.4, -0.2) is 58.6 Å². The van der Waals surface area contributed by atoms with Crippen LogP contribution in [-0.2, 0) is 11.2 Å². The number of benzene rings is 1. The van der Waals surface area contributed by atoms with Crippen LogP contribution in [0.1, 0.15) is 5.56 Å². The first kappa shape index (κ1) is 19.2. The van der Waals surface area contributed by atoms with Crippen molar-refractivity contribution in [3.05, 3.63) is 60.1 Å². The summed E-state index contributed by atoms with van der Waals surface area (Å²) in [6.45, 7) is 3.24. The molecule has 2 aromatic rings. The minimum absolute atomic E-state index is 0.0927. The number of rotatable bonds is 6. The lowest BCUT2D eigenvalue weighted by atomic mass is 10.1. The Balaban J connectivity index is 1.48. The fourth-order valence-corrected chi connectivity index (χ4v) is 2.90. The van der Waals surface area contributed by atoms with Gasteiger partial charge in [-0.05, 0) is 30.2 Å². The Bertz CT molecular complexity index is 853. The number of nitrogens with one attached hydrogen (secondary N) is 1. The summed E-state index contributed by atoms with van der Waals surface area (Å²) in [6.07, 6.45) is 5.68. The van der Waals surface area contributed by atoms with Crippen LogP contribution in [0.5, 0.6) is 5.75 Å². The average molecular weight is 378 g/mol. The lowest BCUT2D eigenvalue weighted by Gasteiger charge is -2.34. The van der Waals surface area contributed by atoms with E-state index in [0.717, 1.165) is 18.7 Å². The maximum atomic E-state index is 12.3. The first-order valence-electron chi connectivity index (χ1n) is 9.10. The van der Waals surface area contributed by atoms with Crippen molar-refractivity contribution in [3.63, 3.8) is 0 Å². The van der Waals surface area contributed by atoms with Gasteiger partial charge in [-0.1, -0.05) is 12.1 Å². The van der Waals surface area contributed by atoms with Crippen molar-refractivity contribution < 1.29 is 9.90 Å². The van der Waals surface area contributed by atoms with Crippen LogP contribution in [0.15, 0.2) is 54.5 Å². The molecule has 144 valence electrons. The van der Waals surface area contributed by atoms with Gasteiger partial charge in [0, 0.05) is 51.3 Å². The third kappa shape index (κ3) is 5.20. The molecule has 3 rings (SSSR count). The molecular weight excluding hydrogens is 356 g/mol. The van der Waals surface area contributed by atoms with E-state index in [9.17, 15) is 15.2 Å². The van der Waals surface area contributed by atoms with Gasteiger partial charge in [0.15, 0.2) is 0 Å². The monoisotopic (exact) mass is 378 g/mol. The van der Waals surface area contributed by atoms with E-state index in [0.29, 0.717) is 32.0 Å². The number of amides is 1. The summed E-state index contributed by atoms with van der Waals surface area (Å²) in [4.78, 5) is 24.8. The molecule has 1 aliphatic rings. The zero-order valence-corrected chi connectivity index (χ0v) is 15.5. The number of phenolic OH excluding ortho intramolecular Hbond substituents is 1. The Morgan fingerprint density at radius 2 is 1.86 bits per heavy atom. The van der Waals surface area contributed by atoms with E-state index in [2.05, 4.69) is 20.2 Å². The van der Waals surface area contributed by atoms with E-state index in [1.165, 1.54) is 0 Å². The Morgan fingerprint density at radius 3 is 2.50 bits per heavy atom. The molecule has 8 nitrogen and oxygen atoms in total. The zero-order valence-electron chi connectivity index (χ0n) is 15.5. The Hall–Kier alpha value is -3.60. The molecule has 8 heteroatoms. The molecule has 0 unspecified atom stereocenters. The molecule has 1 aromatic heterocycles. The van der Waals surface area contributed by atoms with Gasteiger partial charge in [0.2, 0.25) is 5.95 Å². The topological polar surface area (TPSA) is 105 Å². The molecular formula is C20H22N6O2. The van der Waals surface area contributed by atoms with Crippen molar-refractivity contribution in [2.45, 2.75) is 6.42 Å². The second-order valence-electron chi connectivity index (χ2n) is 6.40. The van der Waals surface area contributed by atoms with Gasteiger partial charge in [-0.2, -0.15) is 5.26 Å². The van der Waals surface area contributed by atoms with Crippen molar-refractivity contribution in [2.75, 3.05) is 37.6 Å². The molecule has 28 heavy (non-hydrogen) atoms. The lowest BCUT2D eigenvalue weighted by Crippen LogP contribution is -2.45. The first-order chi connectivity index (χ1) is 13.7. The van der Waals surface area contributed by atoms with Crippen LogP contribution in [0.4, 0.5) is 5.95 Å². The number of carbonyl (C=O) groups is 1. The number of phenols is 1. The van der Waals surface area contributed by atoms with Gasteiger partial charge in [0.05, 0.1) is 0 Å². The van der Waals surface area contributed by atoms with Gasteiger partial charge < -0.3 is 20.2 Å². The maximum absolute atomic E-state index is 12.3. The van der Waals surface area contributed by atoms with Gasteiger partial charge in [-0.15, -0.1) is 0 Å². The molecule has 0 radical (unpaired) electrons. The van der Waals surface area contributed by atoms with Crippen molar-refractivity contribution in [3.8, 4) is 11.8 Å². The SMILES string of the molecule is N#C/C(=C/N1CCN(c2ncccn2)CC1)C(=O)NCCc1ccc(O)cc1. The smallest absolute Gasteiger partial charge is 0.263 e. The molecule has 1 fully saturated rings. The number of nitrogens with zero attached hydrogens (tertiary/aromatic N) is 5. The van der Waals surface area contributed by atoms with Crippen molar-refractivity contribution in [1.82, 2.24) is 20.2 Å². The molecule has 0 spiro atoms.